The van der Waals surface area contributed by atoms with Gasteiger partial charge in [0.25, 0.3) is 0 Å². The van der Waals surface area contributed by atoms with E-state index in [1.54, 1.807) is 0 Å². The molecule has 0 bridgehead atoms. The topological polar surface area (TPSA) is 57.5 Å². The molecule has 0 radical (unpaired) electrons. The first kappa shape index (κ1) is 27.5. The number of benzene rings is 8. The van der Waals surface area contributed by atoms with Crippen molar-refractivity contribution < 1.29 is 17.7 Å². The molecule has 5 nitrogen and oxygen atoms in total. The van der Waals surface area contributed by atoms with Crippen LogP contribution in [0, 0.1) is 0 Å². The lowest BCUT2D eigenvalue weighted by molar-refractivity contribution is 0.656. The zero-order chi connectivity index (χ0) is 34.4. The Morgan fingerprint density at radius 2 is 0.887 bits per heavy atom. The maximum Gasteiger partial charge on any atom is 0.139 e. The van der Waals surface area contributed by atoms with Crippen LogP contribution in [-0.2, 0) is 0 Å². The largest absolute Gasteiger partial charge is 0.456 e. The van der Waals surface area contributed by atoms with Gasteiger partial charge in [-0.25, -0.2) is 0 Å². The third-order valence-corrected chi connectivity index (χ3v) is 11.2. The number of rotatable bonds is 2. The molecular formula is C48H25NO4. The van der Waals surface area contributed by atoms with Gasteiger partial charge in [-0.15, -0.1) is 0 Å². The van der Waals surface area contributed by atoms with Crippen LogP contribution in [0.2, 0.25) is 0 Å². The second-order valence-electron chi connectivity index (χ2n) is 14.0. The van der Waals surface area contributed by atoms with Crippen LogP contribution in [0.4, 0.5) is 0 Å². The van der Waals surface area contributed by atoms with Crippen LogP contribution in [0.1, 0.15) is 0 Å². The highest BCUT2D eigenvalue weighted by Gasteiger charge is 2.21. The fraction of sp³-hybridized carbons (Fsp3) is 0. The minimum absolute atomic E-state index is 0.786. The van der Waals surface area contributed by atoms with Crippen molar-refractivity contribution >= 4 is 110 Å². The van der Waals surface area contributed by atoms with E-state index in [2.05, 4.69) is 120 Å². The summed E-state index contributed by atoms with van der Waals surface area (Å²) in [5, 5.41) is 11.1. The van der Waals surface area contributed by atoms with Crippen molar-refractivity contribution in [3.8, 4) is 16.8 Å². The van der Waals surface area contributed by atoms with Gasteiger partial charge in [0, 0.05) is 60.6 Å². The summed E-state index contributed by atoms with van der Waals surface area (Å²) in [6, 6.07) is 52.9. The Balaban J connectivity index is 1.05. The van der Waals surface area contributed by atoms with Gasteiger partial charge in [0.1, 0.15) is 44.7 Å². The van der Waals surface area contributed by atoms with Gasteiger partial charge in [-0.1, -0.05) is 78.9 Å². The summed E-state index contributed by atoms with van der Waals surface area (Å²) in [5.74, 6) is 0. The molecule has 0 saturated carbocycles. The summed E-state index contributed by atoms with van der Waals surface area (Å²) < 4.78 is 28.1. The third kappa shape index (κ3) is 3.60. The Hall–Kier alpha value is -7.24. The number of fused-ring (bicyclic) bond motifs is 15. The molecule has 0 fully saturated rings. The Bertz CT molecular complexity index is 3700. The number of furan rings is 4. The smallest absolute Gasteiger partial charge is 0.139 e. The van der Waals surface area contributed by atoms with Crippen molar-refractivity contribution in [1.29, 1.82) is 0 Å². The van der Waals surface area contributed by atoms with Gasteiger partial charge < -0.3 is 22.2 Å². The van der Waals surface area contributed by atoms with E-state index in [0.717, 1.165) is 116 Å². The highest BCUT2D eigenvalue weighted by atomic mass is 16.3. The molecule has 246 valence electrons. The molecule has 0 aliphatic carbocycles. The predicted molar refractivity (Wildman–Crippen MR) is 215 cm³/mol. The zero-order valence-corrected chi connectivity index (χ0v) is 28.0. The van der Waals surface area contributed by atoms with E-state index >= 15 is 0 Å². The molecule has 0 N–H and O–H groups in total. The molecule has 5 heterocycles. The maximum atomic E-state index is 6.60. The molecule has 0 saturated heterocycles. The standard InChI is InChI=1S/C48H25NO4/c1-4-13-36-28(9-1)32-22-33-29-10-2-5-15-39(29)51-44(33)24-38(32)49(36)37-14-8-18-42-48(37)35-23-34-30-20-19-26(21-43(30)53-45(34)25-46(35)52-42)27-12-7-17-41-47(27)31-11-3-6-16-40(31)50-41/h1-25H. The number of hydrogen-bond donors (Lipinski definition) is 0. The van der Waals surface area contributed by atoms with Crippen LogP contribution in [0.5, 0.6) is 0 Å². The first-order valence-corrected chi connectivity index (χ1v) is 17.8. The molecule has 0 atom stereocenters. The number of para-hydroxylation sites is 3. The van der Waals surface area contributed by atoms with Gasteiger partial charge in [-0.05, 0) is 71.8 Å². The van der Waals surface area contributed by atoms with E-state index in [1.165, 1.54) is 10.8 Å². The van der Waals surface area contributed by atoms with Gasteiger partial charge in [0.05, 0.1) is 22.1 Å². The summed E-state index contributed by atoms with van der Waals surface area (Å²) in [5.41, 5.74) is 12.2. The van der Waals surface area contributed by atoms with Crippen molar-refractivity contribution in [3.05, 3.63) is 152 Å². The van der Waals surface area contributed by atoms with Gasteiger partial charge in [-0.2, -0.15) is 0 Å². The first-order chi connectivity index (χ1) is 26.2. The van der Waals surface area contributed by atoms with Crippen LogP contribution in [0.3, 0.4) is 0 Å². The predicted octanol–water partition coefficient (Wildman–Crippen LogP) is 14.0. The summed E-state index contributed by atoms with van der Waals surface area (Å²) in [7, 11) is 0. The van der Waals surface area contributed by atoms with Crippen LogP contribution in [0.15, 0.2) is 169 Å². The second kappa shape index (κ2) is 9.75. The van der Waals surface area contributed by atoms with Crippen LogP contribution < -0.4 is 0 Å². The molecule has 0 spiro atoms. The third-order valence-electron chi connectivity index (χ3n) is 11.2. The summed E-state index contributed by atoms with van der Waals surface area (Å²) in [6.07, 6.45) is 0. The Morgan fingerprint density at radius 3 is 1.77 bits per heavy atom. The first-order valence-electron chi connectivity index (χ1n) is 17.8. The highest BCUT2D eigenvalue weighted by Crippen LogP contribution is 2.44. The monoisotopic (exact) mass is 679 g/mol. The summed E-state index contributed by atoms with van der Waals surface area (Å²) in [4.78, 5) is 0. The summed E-state index contributed by atoms with van der Waals surface area (Å²) >= 11 is 0. The molecule has 0 amide bonds. The van der Waals surface area contributed by atoms with Crippen molar-refractivity contribution in [1.82, 2.24) is 4.57 Å². The number of hydrogen-bond acceptors (Lipinski definition) is 4. The van der Waals surface area contributed by atoms with Gasteiger partial charge in [0.2, 0.25) is 0 Å². The normalized spacial score (nSPS) is 12.5. The van der Waals surface area contributed by atoms with Crippen molar-refractivity contribution in [2.45, 2.75) is 0 Å². The van der Waals surface area contributed by atoms with E-state index in [1.807, 2.05) is 36.4 Å². The molecule has 13 aromatic rings. The average Bonchev–Trinajstić information content (AvgIpc) is 4.00. The quantitative estimate of drug-likeness (QED) is 0.182. The van der Waals surface area contributed by atoms with Gasteiger partial charge >= 0.3 is 0 Å². The minimum atomic E-state index is 0.786. The molecule has 0 aliphatic rings. The lowest BCUT2D eigenvalue weighted by Crippen LogP contribution is -1.94. The molecule has 8 aromatic carbocycles. The molecule has 5 heteroatoms. The van der Waals surface area contributed by atoms with E-state index in [9.17, 15) is 0 Å². The van der Waals surface area contributed by atoms with E-state index in [0.29, 0.717) is 0 Å². The molecule has 0 aliphatic heterocycles. The van der Waals surface area contributed by atoms with E-state index in [4.69, 9.17) is 17.7 Å². The molecule has 5 aromatic heterocycles. The fourth-order valence-electron chi connectivity index (χ4n) is 8.89. The highest BCUT2D eigenvalue weighted by molar-refractivity contribution is 6.21. The lowest BCUT2D eigenvalue weighted by Gasteiger charge is -2.09. The Kier molecular flexibility index (Phi) is 5.06. The van der Waals surface area contributed by atoms with Gasteiger partial charge in [0.15, 0.2) is 0 Å². The van der Waals surface area contributed by atoms with Crippen LogP contribution in [0.25, 0.3) is 126 Å². The van der Waals surface area contributed by atoms with E-state index < -0.39 is 0 Å². The molecular weight excluding hydrogens is 655 g/mol. The SMILES string of the molecule is c1ccc2c(c1)oc1cc3c(cc12)c1ccccc1n3-c1cccc2oc3cc4oc5cc(-c6cccc7oc8ccccc8c67)ccc5c4cc3c12. The minimum Gasteiger partial charge on any atom is -0.456 e. The second-order valence-corrected chi connectivity index (χ2v) is 14.0. The molecule has 0 unspecified atom stereocenters. The molecule has 13 rings (SSSR count). The maximum absolute atomic E-state index is 6.60. The van der Waals surface area contributed by atoms with Crippen molar-refractivity contribution in [2.24, 2.45) is 0 Å². The van der Waals surface area contributed by atoms with Crippen LogP contribution >= 0.6 is 0 Å². The van der Waals surface area contributed by atoms with Gasteiger partial charge in [-0.3, -0.25) is 0 Å². The Morgan fingerprint density at radius 1 is 0.302 bits per heavy atom. The molecule has 53 heavy (non-hydrogen) atoms. The Labute approximate surface area is 299 Å². The summed E-state index contributed by atoms with van der Waals surface area (Å²) in [6.45, 7) is 0. The zero-order valence-electron chi connectivity index (χ0n) is 28.0. The fourth-order valence-corrected chi connectivity index (χ4v) is 8.89. The lowest BCUT2D eigenvalue weighted by atomic mass is 9.98. The van der Waals surface area contributed by atoms with Crippen LogP contribution in [-0.4, -0.2) is 4.57 Å². The average molecular weight is 680 g/mol. The van der Waals surface area contributed by atoms with E-state index in [-0.39, 0.29) is 0 Å². The van der Waals surface area contributed by atoms with Crippen molar-refractivity contribution in [2.75, 3.05) is 0 Å². The number of aromatic nitrogens is 1. The number of nitrogens with zero attached hydrogens (tertiary/aromatic N) is 1. The van der Waals surface area contributed by atoms with Crippen molar-refractivity contribution in [3.63, 3.8) is 0 Å².